The Morgan fingerprint density at radius 2 is 1.73 bits per heavy atom. The molecular formula is C26H29FN6O11. The summed E-state index contributed by atoms with van der Waals surface area (Å²) in [5, 5.41) is 52.3. The Bertz CT molecular complexity index is 1620. The number of ether oxygens (including phenoxy) is 2. The number of carbonyl (C=O) groups excluding carboxylic acids is 2. The number of aliphatic hydroxyl groups is 3. The molecule has 0 spiro atoms. The van der Waals surface area contributed by atoms with Gasteiger partial charge in [0, 0.05) is 20.5 Å². The van der Waals surface area contributed by atoms with Crippen LogP contribution in [0.3, 0.4) is 0 Å². The van der Waals surface area contributed by atoms with E-state index in [2.05, 4.69) is 25.8 Å². The van der Waals surface area contributed by atoms with Gasteiger partial charge in [-0.2, -0.15) is 0 Å². The van der Waals surface area contributed by atoms with E-state index >= 15 is 0 Å². The quantitative estimate of drug-likeness (QED) is 0.159. The number of amides is 2. The minimum Gasteiger partial charge on any atom is -0.479 e. The molecule has 0 bridgehead atoms. The number of halogens is 1. The lowest BCUT2D eigenvalue weighted by Crippen LogP contribution is -2.61. The molecule has 6 N–H and O–H groups in total. The molecule has 4 rings (SSSR count). The van der Waals surface area contributed by atoms with Crippen molar-refractivity contribution < 1.29 is 53.1 Å². The summed E-state index contributed by atoms with van der Waals surface area (Å²) in [6.07, 6.45) is -10.3. The van der Waals surface area contributed by atoms with Crippen LogP contribution in [0.2, 0.25) is 0 Å². The van der Waals surface area contributed by atoms with Crippen LogP contribution in [0.5, 0.6) is 5.75 Å². The number of benzene rings is 1. The number of carboxylic acids is 1. The smallest absolute Gasteiger partial charge is 0.335 e. The Hall–Kier alpha value is -4.78. The number of carbonyl (C=O) groups is 3. The second-order valence-corrected chi connectivity index (χ2v) is 10.3. The molecule has 236 valence electrons. The number of hydrogen-bond donors (Lipinski definition) is 6. The summed E-state index contributed by atoms with van der Waals surface area (Å²) in [5.74, 6) is -5.28. The molecule has 2 aromatic heterocycles. The van der Waals surface area contributed by atoms with E-state index in [0.717, 1.165) is 4.57 Å². The summed E-state index contributed by atoms with van der Waals surface area (Å²) in [7, 11) is 1.24. The van der Waals surface area contributed by atoms with Crippen molar-refractivity contribution in [2.75, 3.05) is 0 Å². The number of carboxylic acid groups (broad SMARTS) is 1. The molecular weight excluding hydrogens is 591 g/mol. The lowest BCUT2D eigenvalue weighted by Gasteiger charge is -2.38. The topological polar surface area (TPSA) is 248 Å². The summed E-state index contributed by atoms with van der Waals surface area (Å²) in [6, 6.07) is 5.14. The van der Waals surface area contributed by atoms with Crippen molar-refractivity contribution in [2.45, 2.75) is 63.6 Å². The molecule has 1 aliphatic heterocycles. The fourth-order valence-electron chi connectivity index (χ4n) is 4.32. The lowest BCUT2D eigenvalue weighted by molar-refractivity contribution is -0.271. The highest BCUT2D eigenvalue weighted by Crippen LogP contribution is 2.26. The van der Waals surface area contributed by atoms with Crippen molar-refractivity contribution in [1.82, 2.24) is 30.4 Å². The van der Waals surface area contributed by atoms with Crippen molar-refractivity contribution in [3.05, 3.63) is 69.3 Å². The van der Waals surface area contributed by atoms with Crippen LogP contribution in [0, 0.1) is 12.7 Å². The van der Waals surface area contributed by atoms with Crippen LogP contribution in [-0.4, -0.2) is 88.7 Å². The van der Waals surface area contributed by atoms with Gasteiger partial charge < -0.3 is 45.0 Å². The van der Waals surface area contributed by atoms with Crippen LogP contribution in [-0.2, 0) is 28.7 Å². The molecule has 2 amide bonds. The predicted molar refractivity (Wildman–Crippen MR) is 142 cm³/mol. The van der Waals surface area contributed by atoms with Gasteiger partial charge >= 0.3 is 17.8 Å². The molecule has 0 radical (unpaired) electrons. The van der Waals surface area contributed by atoms with Crippen LogP contribution in [0.1, 0.15) is 52.3 Å². The molecule has 18 heteroatoms. The Morgan fingerprint density at radius 1 is 1.07 bits per heavy atom. The van der Waals surface area contributed by atoms with Crippen LogP contribution in [0.4, 0.5) is 4.39 Å². The molecule has 3 aromatic rings. The molecule has 3 heterocycles. The summed E-state index contributed by atoms with van der Waals surface area (Å²) >= 11 is 0. The Kier molecular flexibility index (Phi) is 9.09. The third-order valence-electron chi connectivity index (χ3n) is 6.58. The highest BCUT2D eigenvalue weighted by atomic mass is 19.1. The van der Waals surface area contributed by atoms with E-state index in [4.69, 9.17) is 13.9 Å². The fraction of sp³-hybridized carbons (Fsp3) is 0.423. The zero-order chi connectivity index (χ0) is 32.5. The Morgan fingerprint density at radius 3 is 2.32 bits per heavy atom. The van der Waals surface area contributed by atoms with Crippen molar-refractivity contribution in [3.63, 3.8) is 0 Å². The maximum Gasteiger partial charge on any atom is 0.335 e. The van der Waals surface area contributed by atoms with Gasteiger partial charge in [0.05, 0.1) is 5.54 Å². The first-order chi connectivity index (χ1) is 20.6. The molecule has 1 aromatic carbocycles. The minimum atomic E-state index is -2.07. The van der Waals surface area contributed by atoms with Gasteiger partial charge in [-0.05, 0) is 31.5 Å². The van der Waals surface area contributed by atoms with Crippen LogP contribution in [0.15, 0.2) is 33.5 Å². The van der Waals surface area contributed by atoms with Gasteiger partial charge in [0.15, 0.2) is 11.8 Å². The summed E-state index contributed by atoms with van der Waals surface area (Å²) < 4.78 is 30.0. The van der Waals surface area contributed by atoms with Gasteiger partial charge in [-0.25, -0.2) is 14.2 Å². The minimum absolute atomic E-state index is 0.120. The van der Waals surface area contributed by atoms with Crippen molar-refractivity contribution in [1.29, 1.82) is 0 Å². The van der Waals surface area contributed by atoms with Gasteiger partial charge in [0.1, 0.15) is 30.0 Å². The average Bonchev–Trinajstić information content (AvgIpc) is 3.41. The Labute approximate surface area is 247 Å². The molecule has 17 nitrogen and oxygen atoms in total. The normalized spacial score (nSPS) is 21.9. The number of aromatic nitrogens is 4. The van der Waals surface area contributed by atoms with Crippen molar-refractivity contribution in [2.24, 2.45) is 7.05 Å². The maximum atomic E-state index is 13.6. The second-order valence-electron chi connectivity index (χ2n) is 10.3. The van der Waals surface area contributed by atoms with Gasteiger partial charge in [-0.15, -0.1) is 10.2 Å². The van der Waals surface area contributed by atoms with Crippen molar-refractivity contribution >= 4 is 17.8 Å². The number of nitrogens with one attached hydrogen (secondary N) is 2. The molecule has 1 unspecified atom stereocenters. The molecule has 0 saturated carbocycles. The zero-order valence-electron chi connectivity index (χ0n) is 23.7. The van der Waals surface area contributed by atoms with Gasteiger partial charge in [-0.3, -0.25) is 19.0 Å². The SMILES string of the molecule is Cc1nnc(C(=O)NC(C)(C)c2nc(C(=O)NCc3ccc(F)cc3)c(OC3O[C@H](C(=O)O)[C@@H](O)[C@H](O)[C@H]3O)c(=O)n2C)o1. The van der Waals surface area contributed by atoms with Gasteiger partial charge in [0.2, 0.25) is 17.9 Å². The number of aliphatic hydroxyl groups excluding tert-OH is 3. The fourth-order valence-corrected chi connectivity index (χ4v) is 4.32. The molecule has 1 fully saturated rings. The third-order valence-corrected chi connectivity index (χ3v) is 6.58. The van der Waals surface area contributed by atoms with Crippen molar-refractivity contribution in [3.8, 4) is 5.75 Å². The maximum absolute atomic E-state index is 13.6. The van der Waals surface area contributed by atoms with Crippen LogP contribution in [0.25, 0.3) is 0 Å². The standard InChI is InChI=1S/C26H29FN6O11/c1-10-31-32-21(42-10)20(38)30-26(2,3)25-29-13(19(37)28-9-11-5-7-12(27)8-6-11)17(22(39)33(25)4)43-24-16(36)14(34)15(35)18(44-24)23(40)41/h5-8,14-16,18,24,34-36H,9H2,1-4H3,(H,28,37)(H,30,38)(H,40,41)/t14-,15-,16+,18-,24?/m0/s1. The van der Waals surface area contributed by atoms with Crippen LogP contribution >= 0.6 is 0 Å². The average molecular weight is 621 g/mol. The summed E-state index contributed by atoms with van der Waals surface area (Å²) in [4.78, 5) is 55.7. The Balaban J connectivity index is 1.74. The molecule has 0 aliphatic carbocycles. The third kappa shape index (κ3) is 6.57. The van der Waals surface area contributed by atoms with E-state index in [0.29, 0.717) is 5.56 Å². The molecule has 1 aliphatic rings. The first kappa shape index (κ1) is 32.1. The van der Waals surface area contributed by atoms with E-state index in [1.54, 1.807) is 0 Å². The van der Waals surface area contributed by atoms with E-state index in [-0.39, 0.29) is 24.2 Å². The molecule has 5 atom stereocenters. The van der Waals surface area contributed by atoms with Gasteiger partial charge in [0.25, 0.3) is 11.5 Å². The zero-order valence-corrected chi connectivity index (χ0v) is 23.7. The monoisotopic (exact) mass is 620 g/mol. The first-order valence-electron chi connectivity index (χ1n) is 13.0. The predicted octanol–water partition coefficient (Wildman–Crippen LogP) is -1.52. The number of aryl methyl sites for hydroxylation is 1. The van der Waals surface area contributed by atoms with E-state index in [1.165, 1.54) is 52.1 Å². The van der Waals surface area contributed by atoms with E-state index in [9.17, 15) is 44.0 Å². The second kappa shape index (κ2) is 12.4. The highest BCUT2D eigenvalue weighted by molar-refractivity contribution is 5.95. The lowest BCUT2D eigenvalue weighted by atomic mass is 9.99. The summed E-state index contributed by atoms with van der Waals surface area (Å²) in [5.41, 5.74) is -2.72. The number of rotatable bonds is 9. The molecule has 44 heavy (non-hydrogen) atoms. The molecule has 1 saturated heterocycles. The largest absolute Gasteiger partial charge is 0.479 e. The van der Waals surface area contributed by atoms with Gasteiger partial charge in [-0.1, -0.05) is 12.1 Å². The van der Waals surface area contributed by atoms with E-state index < -0.39 is 76.8 Å². The highest BCUT2D eigenvalue weighted by Gasteiger charge is 2.49. The van der Waals surface area contributed by atoms with Crippen LogP contribution < -0.4 is 20.9 Å². The number of nitrogens with zero attached hydrogens (tertiary/aromatic N) is 4. The number of hydrogen-bond acceptors (Lipinski definition) is 13. The summed E-state index contributed by atoms with van der Waals surface area (Å²) in [6.45, 7) is 4.23. The first-order valence-corrected chi connectivity index (χ1v) is 13.0. The van der Waals surface area contributed by atoms with E-state index in [1.807, 2.05) is 0 Å². The number of aliphatic carboxylic acids is 1.